The number of Topliss-reactive ketones (excluding diaryl/α,β-unsaturated/α-hetero) is 4. The van der Waals surface area contributed by atoms with E-state index in [9.17, 15) is 34.2 Å². The molecule has 5 rings (SSSR count). The summed E-state index contributed by atoms with van der Waals surface area (Å²) in [6, 6.07) is 9.93. The number of benzene rings is 2. The Labute approximate surface area is 226 Å². The number of carbonyl (C=O) groups is 5. The predicted molar refractivity (Wildman–Crippen MR) is 141 cm³/mol. The summed E-state index contributed by atoms with van der Waals surface area (Å²) in [6.45, 7) is 4.15. The van der Waals surface area contributed by atoms with Crippen molar-refractivity contribution in [1.29, 1.82) is 0 Å². The van der Waals surface area contributed by atoms with Crippen LogP contribution in [0, 0.1) is 23.7 Å². The molecule has 0 aromatic heterocycles. The van der Waals surface area contributed by atoms with Gasteiger partial charge in [-0.25, -0.2) is 0 Å². The van der Waals surface area contributed by atoms with Gasteiger partial charge in [0.25, 0.3) is 0 Å². The fraction of sp³-hybridized carbons (Fsp3) is 0.433. The van der Waals surface area contributed by atoms with Gasteiger partial charge in [-0.1, -0.05) is 44.2 Å². The van der Waals surface area contributed by atoms with Crippen LogP contribution in [-0.4, -0.2) is 69.9 Å². The van der Waals surface area contributed by atoms with Crippen LogP contribution in [-0.2, 0) is 25.6 Å². The third-order valence-corrected chi connectivity index (χ3v) is 8.81. The smallest absolute Gasteiger partial charge is 0.235 e. The lowest BCUT2D eigenvalue weighted by Crippen LogP contribution is -2.74. The second kappa shape index (κ2) is 9.20. The Morgan fingerprint density at radius 1 is 1.08 bits per heavy atom. The number of likely N-dealkylation sites (N-methyl/N-ethyl adjacent to an activating group) is 1. The van der Waals surface area contributed by atoms with Gasteiger partial charge in [-0.15, -0.1) is 0 Å². The lowest BCUT2D eigenvalue weighted by atomic mass is 9.52. The number of amides is 1. The lowest BCUT2D eigenvalue weighted by molar-refractivity contribution is -0.181. The molecule has 3 aliphatic rings. The molecule has 4 N–H and O–H groups in total. The van der Waals surface area contributed by atoms with E-state index in [0.717, 1.165) is 16.7 Å². The highest BCUT2D eigenvalue weighted by Crippen LogP contribution is 2.51. The average molecular weight is 533 g/mol. The number of nitrogens with zero attached hydrogens (tertiary/aromatic N) is 1. The molecule has 1 amide bonds. The summed E-state index contributed by atoms with van der Waals surface area (Å²) in [5.41, 5.74) is 5.93. The minimum atomic E-state index is -2.73. The van der Waals surface area contributed by atoms with Gasteiger partial charge in [0.2, 0.25) is 5.91 Å². The Hall–Kier alpha value is -3.69. The van der Waals surface area contributed by atoms with Crippen molar-refractivity contribution in [3.05, 3.63) is 53.1 Å². The number of nitrogens with two attached hydrogens (primary N) is 1. The van der Waals surface area contributed by atoms with Gasteiger partial charge in [0.15, 0.2) is 34.7 Å². The molecule has 0 heterocycles. The molecule has 0 radical (unpaired) electrons. The normalized spacial score (nSPS) is 30.3. The Morgan fingerprint density at radius 2 is 1.77 bits per heavy atom. The molecule has 2 aromatic carbocycles. The number of phenols is 1. The standard InChI is InChI=1S/C30H32N2O7/c1-13(2)14-6-5-7-15(10-14)17-8-9-20(33)22-18(17)11-16-12-19-24(32(3)4)26(35)23(29(31)38)28(37)30(19,39)27(36)21(16)25(22)34/h5-10,13,16,19,21,23-24,33,39H,11-12H2,1-4H3,(H2,31,38). The number of aromatic hydroxyl groups is 1. The Kier molecular flexibility index (Phi) is 6.35. The van der Waals surface area contributed by atoms with Crippen molar-refractivity contribution in [2.75, 3.05) is 14.1 Å². The number of hydrogen-bond donors (Lipinski definition) is 3. The van der Waals surface area contributed by atoms with E-state index in [1.165, 1.54) is 11.0 Å². The molecular weight excluding hydrogens is 500 g/mol. The quantitative estimate of drug-likeness (QED) is 0.502. The van der Waals surface area contributed by atoms with E-state index < -0.39 is 64.4 Å². The number of hydrogen-bond acceptors (Lipinski definition) is 8. The second-order valence-corrected chi connectivity index (χ2v) is 11.6. The van der Waals surface area contributed by atoms with Crippen LogP contribution >= 0.6 is 0 Å². The molecule has 9 heteroatoms. The van der Waals surface area contributed by atoms with Gasteiger partial charge >= 0.3 is 0 Å². The zero-order valence-corrected chi connectivity index (χ0v) is 22.3. The first-order valence-corrected chi connectivity index (χ1v) is 13.1. The maximum atomic E-state index is 13.9. The number of ketones is 4. The fourth-order valence-electron chi connectivity index (χ4n) is 6.94. The van der Waals surface area contributed by atoms with E-state index in [1.54, 1.807) is 20.2 Å². The van der Waals surface area contributed by atoms with Crippen LogP contribution in [0.5, 0.6) is 5.75 Å². The van der Waals surface area contributed by atoms with Crippen molar-refractivity contribution in [1.82, 2.24) is 4.90 Å². The maximum Gasteiger partial charge on any atom is 0.235 e. The largest absolute Gasteiger partial charge is 0.507 e. The summed E-state index contributed by atoms with van der Waals surface area (Å²) < 4.78 is 0. The number of fused-ring (bicyclic) bond motifs is 3. The summed E-state index contributed by atoms with van der Waals surface area (Å²) in [4.78, 5) is 68.0. The van der Waals surface area contributed by atoms with Crippen molar-refractivity contribution < 1.29 is 34.2 Å². The monoisotopic (exact) mass is 532 g/mol. The van der Waals surface area contributed by atoms with Gasteiger partial charge < -0.3 is 15.9 Å². The van der Waals surface area contributed by atoms with Gasteiger partial charge in [-0.05, 0) is 67.1 Å². The van der Waals surface area contributed by atoms with E-state index in [2.05, 4.69) is 13.8 Å². The van der Waals surface area contributed by atoms with Crippen LogP contribution < -0.4 is 5.73 Å². The van der Waals surface area contributed by atoms with E-state index in [-0.39, 0.29) is 30.1 Å². The molecule has 204 valence electrons. The molecule has 2 fully saturated rings. The van der Waals surface area contributed by atoms with Crippen LogP contribution in [0.1, 0.15) is 47.7 Å². The highest BCUT2D eigenvalue weighted by Gasteiger charge is 2.69. The van der Waals surface area contributed by atoms with Gasteiger partial charge in [-0.2, -0.15) is 0 Å². The van der Waals surface area contributed by atoms with Gasteiger partial charge in [-0.3, -0.25) is 28.9 Å². The number of primary amides is 1. The molecule has 2 saturated carbocycles. The van der Waals surface area contributed by atoms with Crippen LogP contribution in [0.2, 0.25) is 0 Å². The summed E-state index contributed by atoms with van der Waals surface area (Å²) in [5, 5.41) is 22.4. The number of aliphatic hydroxyl groups is 1. The van der Waals surface area contributed by atoms with E-state index in [0.29, 0.717) is 5.56 Å². The first kappa shape index (κ1) is 26.9. The fourth-order valence-corrected chi connectivity index (χ4v) is 6.94. The number of phenolic OH excluding ortho intramolecular Hbond substituents is 1. The molecular formula is C30H32N2O7. The molecule has 39 heavy (non-hydrogen) atoms. The third kappa shape index (κ3) is 3.78. The second-order valence-electron chi connectivity index (χ2n) is 11.6. The molecule has 6 unspecified atom stereocenters. The van der Waals surface area contributed by atoms with Gasteiger partial charge in [0, 0.05) is 5.92 Å². The minimum absolute atomic E-state index is 0.00551. The first-order chi connectivity index (χ1) is 18.3. The van der Waals surface area contributed by atoms with E-state index >= 15 is 0 Å². The summed E-state index contributed by atoms with van der Waals surface area (Å²) in [7, 11) is 3.12. The topological polar surface area (TPSA) is 155 Å². The molecule has 6 atom stereocenters. The van der Waals surface area contributed by atoms with Crippen molar-refractivity contribution in [2.45, 2.75) is 44.2 Å². The van der Waals surface area contributed by atoms with Crippen LogP contribution in [0.25, 0.3) is 11.1 Å². The summed E-state index contributed by atoms with van der Waals surface area (Å²) in [6.07, 6.45) is 0.243. The average Bonchev–Trinajstić information content (AvgIpc) is 2.86. The summed E-state index contributed by atoms with van der Waals surface area (Å²) in [5.74, 6) is -10.2. The van der Waals surface area contributed by atoms with Crippen LogP contribution in [0.4, 0.5) is 0 Å². The molecule has 0 aliphatic heterocycles. The Balaban J connectivity index is 1.65. The minimum Gasteiger partial charge on any atom is -0.507 e. The Morgan fingerprint density at radius 3 is 2.38 bits per heavy atom. The molecule has 2 aromatic rings. The lowest BCUT2D eigenvalue weighted by Gasteiger charge is -2.52. The van der Waals surface area contributed by atoms with Crippen LogP contribution in [0.3, 0.4) is 0 Å². The molecule has 0 spiro atoms. The van der Waals surface area contributed by atoms with Gasteiger partial charge in [0.1, 0.15) is 5.75 Å². The molecule has 0 saturated heterocycles. The molecule has 3 aliphatic carbocycles. The molecule has 9 nitrogen and oxygen atoms in total. The SMILES string of the molecule is CC(C)c1cccc(-c2ccc(O)c3c2CC2CC4C(N(C)C)C(=O)C(C(N)=O)C(=O)C4(O)C(=O)C2C3=O)c1. The van der Waals surface area contributed by atoms with E-state index in [4.69, 9.17) is 5.73 Å². The molecule has 0 bridgehead atoms. The van der Waals surface area contributed by atoms with Crippen molar-refractivity contribution >= 4 is 29.0 Å². The number of carbonyl (C=O) groups excluding carboxylic acids is 5. The third-order valence-electron chi connectivity index (χ3n) is 8.81. The highest BCUT2D eigenvalue weighted by atomic mass is 16.3. The summed E-state index contributed by atoms with van der Waals surface area (Å²) >= 11 is 0. The van der Waals surface area contributed by atoms with Crippen molar-refractivity contribution in [3.8, 4) is 16.9 Å². The first-order valence-electron chi connectivity index (χ1n) is 13.1. The Bertz CT molecular complexity index is 1440. The van der Waals surface area contributed by atoms with Crippen LogP contribution in [0.15, 0.2) is 36.4 Å². The van der Waals surface area contributed by atoms with Gasteiger partial charge in [0.05, 0.1) is 17.5 Å². The predicted octanol–water partition coefficient (Wildman–Crippen LogP) is 1.66. The zero-order chi connectivity index (χ0) is 28.5. The van der Waals surface area contributed by atoms with E-state index in [1.807, 2.05) is 24.3 Å². The zero-order valence-electron chi connectivity index (χ0n) is 22.3. The van der Waals surface area contributed by atoms with Crippen molar-refractivity contribution in [3.63, 3.8) is 0 Å². The maximum absolute atomic E-state index is 13.9. The van der Waals surface area contributed by atoms with Crippen molar-refractivity contribution in [2.24, 2.45) is 29.4 Å². The number of rotatable bonds is 4. The highest BCUT2D eigenvalue weighted by molar-refractivity contribution is 6.32.